The van der Waals surface area contributed by atoms with Gasteiger partial charge < -0.3 is 28.5 Å². The predicted octanol–water partition coefficient (Wildman–Crippen LogP) is 4.49. The first-order valence-electron chi connectivity index (χ1n) is 14.7. The van der Waals surface area contributed by atoms with Gasteiger partial charge in [-0.3, -0.25) is 4.79 Å². The van der Waals surface area contributed by atoms with E-state index in [-0.39, 0.29) is 31.5 Å². The van der Waals surface area contributed by atoms with Gasteiger partial charge in [-0.05, 0) is 26.5 Å². The molecule has 0 amide bonds. The molecule has 1 heterocycles. The molecular formula is C33H41N3O7Si. The van der Waals surface area contributed by atoms with Crippen LogP contribution in [0.2, 0.25) is 5.04 Å². The van der Waals surface area contributed by atoms with E-state index in [4.69, 9.17) is 23.4 Å². The first-order chi connectivity index (χ1) is 21.2. The number of aliphatic hydroxyl groups is 1. The van der Waals surface area contributed by atoms with Gasteiger partial charge in [0.25, 0.3) is 8.32 Å². The lowest BCUT2D eigenvalue weighted by molar-refractivity contribution is -0.278. The second-order valence-corrected chi connectivity index (χ2v) is 15.9. The van der Waals surface area contributed by atoms with Crippen molar-refractivity contribution in [1.82, 2.24) is 0 Å². The number of nitrogens with zero attached hydrogens (tertiary/aromatic N) is 3. The van der Waals surface area contributed by atoms with Crippen LogP contribution in [-0.2, 0) is 34.8 Å². The first kappa shape index (κ1) is 33.4. The number of hydrogen-bond donors (Lipinski definition) is 1. The summed E-state index contributed by atoms with van der Waals surface area (Å²) in [5.41, 5.74) is 10.3. The van der Waals surface area contributed by atoms with Gasteiger partial charge in [-0.1, -0.05) is 117 Å². The van der Waals surface area contributed by atoms with Gasteiger partial charge in [0.1, 0.15) is 24.4 Å². The minimum absolute atomic E-state index is 0.0620. The summed E-state index contributed by atoms with van der Waals surface area (Å²) in [6, 6.07) is 28.9. The Hall–Kier alpha value is -3.54. The van der Waals surface area contributed by atoms with Crippen molar-refractivity contribution in [1.29, 1.82) is 0 Å². The third-order valence-electron chi connectivity index (χ3n) is 7.64. The van der Waals surface area contributed by atoms with E-state index in [9.17, 15) is 15.4 Å². The standard InChI is InChI=1S/C33H41N3O7Si/c1-24(38)42-31-29(35-36-34)32(39-21-20-37)43-28(30(31)40-22-25-14-8-5-9-15-25)23-41-44(33(2,3)4,26-16-10-6-11-17-26)27-18-12-7-13-19-27/h5-19,28-32,37H,20-23H2,1-4H3/t28-,29-,30-,31-,32-/m1/s1. The van der Waals surface area contributed by atoms with Crippen LogP contribution in [0.4, 0.5) is 0 Å². The summed E-state index contributed by atoms with van der Waals surface area (Å²) in [7, 11) is -2.99. The van der Waals surface area contributed by atoms with E-state index in [0.717, 1.165) is 15.9 Å². The van der Waals surface area contributed by atoms with Gasteiger partial charge in [0.15, 0.2) is 6.29 Å². The Balaban J connectivity index is 1.78. The van der Waals surface area contributed by atoms with Crippen molar-refractivity contribution in [2.45, 2.75) is 70.0 Å². The fourth-order valence-corrected chi connectivity index (χ4v) is 10.3. The number of carbonyl (C=O) groups excluding carboxylic acids is 1. The number of azide groups is 1. The van der Waals surface area contributed by atoms with Crippen LogP contribution in [0.1, 0.15) is 33.3 Å². The molecule has 4 rings (SSSR count). The van der Waals surface area contributed by atoms with Crippen LogP contribution in [0.25, 0.3) is 10.4 Å². The lowest BCUT2D eigenvalue weighted by Crippen LogP contribution is -2.68. The topological polar surface area (TPSA) is 132 Å². The van der Waals surface area contributed by atoms with Crippen LogP contribution in [0.15, 0.2) is 96.1 Å². The van der Waals surface area contributed by atoms with Crippen LogP contribution in [0.5, 0.6) is 0 Å². The minimum Gasteiger partial charge on any atom is -0.459 e. The molecule has 1 aliphatic rings. The zero-order chi connectivity index (χ0) is 31.6. The molecule has 1 N–H and O–H groups in total. The Kier molecular flexibility index (Phi) is 11.7. The SMILES string of the molecule is CC(=O)O[C@@H]1[C@@H](N=[N+]=[N-])[C@H](OCCO)O[C@H](CO[Si](c2ccccc2)(c2ccccc2)C(C)(C)C)[C@H]1OCc1ccccc1. The molecule has 1 aliphatic heterocycles. The maximum absolute atomic E-state index is 12.4. The summed E-state index contributed by atoms with van der Waals surface area (Å²) in [4.78, 5) is 15.4. The Morgan fingerprint density at radius 2 is 1.50 bits per heavy atom. The van der Waals surface area contributed by atoms with E-state index in [2.05, 4.69) is 55.1 Å². The van der Waals surface area contributed by atoms with E-state index in [0.29, 0.717) is 0 Å². The van der Waals surface area contributed by atoms with Crippen LogP contribution >= 0.6 is 0 Å². The highest BCUT2D eigenvalue weighted by molar-refractivity contribution is 6.99. The van der Waals surface area contributed by atoms with Gasteiger partial charge in [-0.25, -0.2) is 0 Å². The largest absolute Gasteiger partial charge is 0.459 e. The summed E-state index contributed by atoms with van der Waals surface area (Å²) < 4.78 is 31.6. The third kappa shape index (κ3) is 7.75. The van der Waals surface area contributed by atoms with Crippen LogP contribution < -0.4 is 10.4 Å². The summed E-state index contributed by atoms with van der Waals surface area (Å²) in [5, 5.41) is 15.3. The molecule has 44 heavy (non-hydrogen) atoms. The van der Waals surface area contributed by atoms with Gasteiger partial charge in [0.2, 0.25) is 0 Å². The Bertz CT molecular complexity index is 1330. The van der Waals surface area contributed by atoms with Crippen molar-refractivity contribution in [2.75, 3.05) is 19.8 Å². The van der Waals surface area contributed by atoms with Crippen molar-refractivity contribution in [3.05, 3.63) is 107 Å². The number of rotatable bonds is 13. The van der Waals surface area contributed by atoms with Crippen LogP contribution in [0.3, 0.4) is 0 Å². The molecule has 0 saturated carbocycles. The van der Waals surface area contributed by atoms with Gasteiger partial charge >= 0.3 is 5.97 Å². The highest BCUT2D eigenvalue weighted by atomic mass is 28.4. The molecule has 10 nitrogen and oxygen atoms in total. The van der Waals surface area contributed by atoms with E-state index in [1.165, 1.54) is 6.92 Å². The highest BCUT2D eigenvalue weighted by Gasteiger charge is 2.53. The monoisotopic (exact) mass is 619 g/mol. The molecule has 0 radical (unpaired) electrons. The van der Waals surface area contributed by atoms with Gasteiger partial charge in [0.05, 0.1) is 26.4 Å². The Labute approximate surface area is 259 Å². The second-order valence-electron chi connectivity index (χ2n) is 11.6. The summed E-state index contributed by atoms with van der Waals surface area (Å²) in [6.45, 7) is 7.71. The van der Waals surface area contributed by atoms with E-state index in [1.807, 2.05) is 66.7 Å². The maximum Gasteiger partial charge on any atom is 0.303 e. The fourth-order valence-electron chi connectivity index (χ4n) is 5.78. The third-order valence-corrected chi connectivity index (χ3v) is 12.6. The number of benzene rings is 3. The van der Waals surface area contributed by atoms with E-state index in [1.54, 1.807) is 0 Å². The molecule has 1 fully saturated rings. The Morgan fingerprint density at radius 3 is 2.00 bits per heavy atom. The van der Waals surface area contributed by atoms with Gasteiger partial charge in [-0.15, -0.1) is 0 Å². The van der Waals surface area contributed by atoms with Crippen molar-refractivity contribution in [2.24, 2.45) is 5.11 Å². The molecule has 0 spiro atoms. The van der Waals surface area contributed by atoms with Crippen molar-refractivity contribution >= 4 is 24.7 Å². The molecule has 3 aromatic carbocycles. The first-order valence-corrected chi connectivity index (χ1v) is 16.6. The molecule has 11 heteroatoms. The highest BCUT2D eigenvalue weighted by Crippen LogP contribution is 2.38. The average Bonchev–Trinajstić information content (AvgIpc) is 3.02. The molecule has 5 atom stereocenters. The normalized spacial score (nSPS) is 22.2. The van der Waals surface area contributed by atoms with Gasteiger partial charge in [-0.2, -0.15) is 0 Å². The summed E-state index contributed by atoms with van der Waals surface area (Å²) in [5.74, 6) is -0.573. The molecule has 0 unspecified atom stereocenters. The zero-order valence-electron chi connectivity index (χ0n) is 25.6. The summed E-state index contributed by atoms with van der Waals surface area (Å²) >= 11 is 0. The van der Waals surface area contributed by atoms with E-state index >= 15 is 0 Å². The fraction of sp³-hybridized carbons (Fsp3) is 0.424. The van der Waals surface area contributed by atoms with E-state index < -0.39 is 44.9 Å². The molecule has 1 saturated heterocycles. The van der Waals surface area contributed by atoms with Crippen molar-refractivity contribution in [3.8, 4) is 0 Å². The number of hydrogen-bond acceptors (Lipinski definition) is 8. The number of ether oxygens (including phenoxy) is 4. The lowest BCUT2D eigenvalue weighted by Gasteiger charge is -2.47. The molecule has 0 aliphatic carbocycles. The van der Waals surface area contributed by atoms with Crippen LogP contribution in [0, 0.1) is 0 Å². The molecule has 0 aromatic heterocycles. The summed E-state index contributed by atoms with van der Waals surface area (Å²) in [6.07, 6.45) is -3.83. The lowest BCUT2D eigenvalue weighted by atomic mass is 9.97. The quantitative estimate of drug-likeness (QED) is 0.0980. The number of esters is 1. The number of carbonyl (C=O) groups is 1. The molecule has 3 aromatic rings. The Morgan fingerprint density at radius 1 is 0.932 bits per heavy atom. The molecule has 0 bridgehead atoms. The predicted molar refractivity (Wildman–Crippen MR) is 169 cm³/mol. The zero-order valence-corrected chi connectivity index (χ0v) is 26.6. The number of aliphatic hydroxyl groups excluding tert-OH is 1. The van der Waals surface area contributed by atoms with Crippen LogP contribution in [-0.4, -0.2) is 69.9 Å². The maximum atomic E-state index is 12.4. The minimum atomic E-state index is -2.99. The molecular weight excluding hydrogens is 578 g/mol. The van der Waals surface area contributed by atoms with Gasteiger partial charge in [0, 0.05) is 11.8 Å². The second kappa shape index (κ2) is 15.5. The molecule has 234 valence electrons. The van der Waals surface area contributed by atoms with Crippen molar-refractivity contribution in [3.63, 3.8) is 0 Å². The van der Waals surface area contributed by atoms with Crippen molar-refractivity contribution < 1.29 is 33.3 Å². The smallest absolute Gasteiger partial charge is 0.303 e. The average molecular weight is 620 g/mol.